The molecule has 0 spiro atoms. The number of amides is 1. The Morgan fingerprint density at radius 3 is 2.71 bits per heavy atom. The summed E-state index contributed by atoms with van der Waals surface area (Å²) in [5, 5.41) is 11.3. The fourth-order valence-corrected chi connectivity index (χ4v) is 1.76. The molecule has 21 heavy (non-hydrogen) atoms. The van der Waals surface area contributed by atoms with Crippen molar-refractivity contribution in [3.05, 3.63) is 59.7 Å². The molecule has 1 heterocycles. The molecule has 2 aromatic rings. The minimum atomic E-state index is -0.875. The Morgan fingerprint density at radius 1 is 1.24 bits per heavy atom. The monoisotopic (exact) mass is 288 g/mol. The molecular formula is C15H13FN2O3. The van der Waals surface area contributed by atoms with Gasteiger partial charge in [-0.2, -0.15) is 0 Å². The molecule has 0 fully saturated rings. The van der Waals surface area contributed by atoms with Gasteiger partial charge in [-0.15, -0.1) is 0 Å². The number of hydrogen-bond donors (Lipinski definition) is 2. The molecular weight excluding hydrogens is 275 g/mol. The Balaban J connectivity index is 2.05. The van der Waals surface area contributed by atoms with Gasteiger partial charge in [0, 0.05) is 12.1 Å². The largest absolute Gasteiger partial charge is 0.481 e. The highest BCUT2D eigenvalue weighted by molar-refractivity contribution is 6.02. The van der Waals surface area contributed by atoms with Gasteiger partial charge in [0.1, 0.15) is 11.5 Å². The van der Waals surface area contributed by atoms with E-state index in [0.717, 1.165) is 17.8 Å². The number of aryl methyl sites for hydroxylation is 1. The summed E-state index contributed by atoms with van der Waals surface area (Å²) >= 11 is 0. The first-order chi connectivity index (χ1) is 10.0. The third kappa shape index (κ3) is 4.38. The molecule has 5 nitrogen and oxygen atoms in total. The number of carbonyl (C=O) groups is 2. The number of carboxylic acids is 1. The van der Waals surface area contributed by atoms with Crippen LogP contribution in [0.1, 0.15) is 22.5 Å². The first-order valence-electron chi connectivity index (χ1n) is 6.28. The fraction of sp³-hybridized carbons (Fsp3) is 0.133. The summed E-state index contributed by atoms with van der Waals surface area (Å²) in [4.78, 5) is 26.1. The third-order valence-electron chi connectivity index (χ3n) is 2.77. The maximum atomic E-state index is 12.7. The zero-order valence-corrected chi connectivity index (χ0v) is 11.0. The van der Waals surface area contributed by atoms with E-state index in [4.69, 9.17) is 5.11 Å². The van der Waals surface area contributed by atoms with E-state index in [1.165, 1.54) is 6.07 Å². The molecule has 2 rings (SSSR count). The number of aliphatic carboxylic acids is 1. The SMILES string of the molecule is O=C(O)CCc1cccc(NC(=O)c2ccc(F)cn2)c1. The van der Waals surface area contributed by atoms with Gasteiger partial charge < -0.3 is 10.4 Å². The molecule has 0 aliphatic carbocycles. The number of carbonyl (C=O) groups excluding carboxylic acids is 1. The number of hydrogen-bond acceptors (Lipinski definition) is 3. The van der Waals surface area contributed by atoms with E-state index in [1.54, 1.807) is 24.3 Å². The van der Waals surface area contributed by atoms with Crippen LogP contribution in [0.3, 0.4) is 0 Å². The summed E-state index contributed by atoms with van der Waals surface area (Å²) in [6.07, 6.45) is 1.38. The molecule has 1 aromatic carbocycles. The van der Waals surface area contributed by atoms with Gasteiger partial charge in [0.25, 0.3) is 5.91 Å². The number of nitrogens with zero attached hydrogens (tertiary/aromatic N) is 1. The highest BCUT2D eigenvalue weighted by atomic mass is 19.1. The van der Waals surface area contributed by atoms with Crippen molar-refractivity contribution in [3.8, 4) is 0 Å². The van der Waals surface area contributed by atoms with Gasteiger partial charge in [0.15, 0.2) is 0 Å². The Bertz CT molecular complexity index is 656. The predicted octanol–water partition coefficient (Wildman–Crippen LogP) is 2.49. The van der Waals surface area contributed by atoms with E-state index in [1.807, 2.05) is 0 Å². The lowest BCUT2D eigenvalue weighted by Crippen LogP contribution is -2.13. The van der Waals surface area contributed by atoms with Gasteiger partial charge in [0.05, 0.1) is 6.20 Å². The van der Waals surface area contributed by atoms with Crippen molar-refractivity contribution in [3.63, 3.8) is 0 Å². The van der Waals surface area contributed by atoms with Crippen LogP contribution in [-0.4, -0.2) is 22.0 Å². The van der Waals surface area contributed by atoms with E-state index in [0.29, 0.717) is 12.1 Å². The van der Waals surface area contributed by atoms with Crippen molar-refractivity contribution in [1.29, 1.82) is 0 Å². The number of anilines is 1. The minimum Gasteiger partial charge on any atom is -0.481 e. The average Bonchev–Trinajstić information content (AvgIpc) is 2.46. The summed E-state index contributed by atoms with van der Waals surface area (Å²) < 4.78 is 12.7. The maximum Gasteiger partial charge on any atom is 0.303 e. The van der Waals surface area contributed by atoms with Crippen LogP contribution in [0.5, 0.6) is 0 Å². The molecule has 0 aliphatic rings. The lowest BCUT2D eigenvalue weighted by atomic mass is 10.1. The van der Waals surface area contributed by atoms with Crippen molar-refractivity contribution >= 4 is 17.6 Å². The van der Waals surface area contributed by atoms with E-state index in [2.05, 4.69) is 10.3 Å². The fourth-order valence-electron chi connectivity index (χ4n) is 1.76. The molecule has 108 valence electrons. The zero-order valence-electron chi connectivity index (χ0n) is 11.0. The van der Waals surface area contributed by atoms with Crippen LogP contribution in [0.2, 0.25) is 0 Å². The summed E-state index contributed by atoms with van der Waals surface area (Å²) in [6.45, 7) is 0. The summed E-state index contributed by atoms with van der Waals surface area (Å²) in [5.74, 6) is -1.84. The van der Waals surface area contributed by atoms with Crippen LogP contribution in [0.15, 0.2) is 42.6 Å². The molecule has 2 N–H and O–H groups in total. The molecule has 0 unspecified atom stereocenters. The highest BCUT2D eigenvalue weighted by Gasteiger charge is 2.08. The van der Waals surface area contributed by atoms with Crippen molar-refractivity contribution in [2.75, 3.05) is 5.32 Å². The number of rotatable bonds is 5. The first kappa shape index (κ1) is 14.6. The van der Waals surface area contributed by atoms with Gasteiger partial charge >= 0.3 is 5.97 Å². The molecule has 0 aliphatic heterocycles. The lowest BCUT2D eigenvalue weighted by molar-refractivity contribution is -0.136. The molecule has 1 amide bonds. The molecule has 0 atom stereocenters. The summed E-state index contributed by atoms with van der Waals surface area (Å²) in [6, 6.07) is 9.35. The van der Waals surface area contributed by atoms with Gasteiger partial charge in [-0.1, -0.05) is 12.1 Å². The van der Waals surface area contributed by atoms with Crippen molar-refractivity contribution in [2.24, 2.45) is 0 Å². The number of benzene rings is 1. The number of nitrogens with one attached hydrogen (secondary N) is 1. The first-order valence-corrected chi connectivity index (χ1v) is 6.28. The third-order valence-corrected chi connectivity index (χ3v) is 2.77. The van der Waals surface area contributed by atoms with Crippen LogP contribution in [0.4, 0.5) is 10.1 Å². The summed E-state index contributed by atoms with van der Waals surface area (Å²) in [5.41, 5.74) is 1.45. The highest BCUT2D eigenvalue weighted by Crippen LogP contribution is 2.13. The zero-order chi connectivity index (χ0) is 15.2. The van der Waals surface area contributed by atoms with E-state index >= 15 is 0 Å². The minimum absolute atomic E-state index is 0.0247. The Kier molecular flexibility index (Phi) is 4.61. The maximum absolute atomic E-state index is 12.7. The van der Waals surface area contributed by atoms with E-state index < -0.39 is 17.7 Å². The molecule has 0 saturated heterocycles. The van der Waals surface area contributed by atoms with Crippen LogP contribution in [-0.2, 0) is 11.2 Å². The van der Waals surface area contributed by atoms with Crippen molar-refractivity contribution in [2.45, 2.75) is 12.8 Å². The molecule has 1 aromatic heterocycles. The van der Waals surface area contributed by atoms with Crippen LogP contribution in [0, 0.1) is 5.82 Å². The van der Waals surface area contributed by atoms with Gasteiger partial charge in [-0.3, -0.25) is 9.59 Å². The van der Waals surface area contributed by atoms with Crippen molar-refractivity contribution < 1.29 is 19.1 Å². The second-order valence-corrected chi connectivity index (χ2v) is 4.41. The quantitative estimate of drug-likeness (QED) is 0.886. The average molecular weight is 288 g/mol. The Morgan fingerprint density at radius 2 is 2.05 bits per heavy atom. The van der Waals surface area contributed by atoms with Crippen molar-refractivity contribution in [1.82, 2.24) is 4.98 Å². The number of halogens is 1. The molecule has 0 bridgehead atoms. The van der Waals surface area contributed by atoms with Gasteiger partial charge in [0.2, 0.25) is 0 Å². The van der Waals surface area contributed by atoms with Crippen LogP contribution in [0.25, 0.3) is 0 Å². The molecule has 0 radical (unpaired) electrons. The number of carboxylic acid groups (broad SMARTS) is 1. The smallest absolute Gasteiger partial charge is 0.303 e. The predicted molar refractivity (Wildman–Crippen MR) is 74.5 cm³/mol. The second-order valence-electron chi connectivity index (χ2n) is 4.41. The number of pyridine rings is 1. The van der Waals surface area contributed by atoms with Crippen LogP contribution < -0.4 is 5.32 Å². The normalized spacial score (nSPS) is 10.1. The Hall–Kier alpha value is -2.76. The second kappa shape index (κ2) is 6.60. The van der Waals surface area contributed by atoms with E-state index in [-0.39, 0.29) is 12.1 Å². The van der Waals surface area contributed by atoms with Gasteiger partial charge in [-0.05, 0) is 36.2 Å². The lowest BCUT2D eigenvalue weighted by Gasteiger charge is -2.06. The Labute approximate surface area is 120 Å². The standard InChI is InChI=1S/C15H13FN2O3/c16-11-5-6-13(17-9-11)15(21)18-12-3-1-2-10(8-12)4-7-14(19)20/h1-3,5-6,8-9H,4,7H2,(H,18,21)(H,19,20). The molecule has 6 heteroatoms. The summed E-state index contributed by atoms with van der Waals surface area (Å²) in [7, 11) is 0. The molecule has 0 saturated carbocycles. The van der Waals surface area contributed by atoms with E-state index in [9.17, 15) is 14.0 Å². The number of aromatic nitrogens is 1. The van der Waals surface area contributed by atoms with Gasteiger partial charge in [-0.25, -0.2) is 9.37 Å². The topological polar surface area (TPSA) is 79.3 Å². The van der Waals surface area contributed by atoms with Crippen LogP contribution >= 0.6 is 0 Å².